The average molecular weight is 461 g/mol. The first-order chi connectivity index (χ1) is 16.2. The van der Waals surface area contributed by atoms with E-state index in [0.29, 0.717) is 41.0 Å². The van der Waals surface area contributed by atoms with E-state index in [9.17, 15) is 14.4 Å². The fourth-order valence-electron chi connectivity index (χ4n) is 4.39. The van der Waals surface area contributed by atoms with Crippen molar-refractivity contribution in [2.45, 2.75) is 40.2 Å². The van der Waals surface area contributed by atoms with Crippen LogP contribution in [0.25, 0.3) is 11.1 Å². The number of ketones is 1. The number of benzene rings is 2. The molecule has 1 unspecified atom stereocenters. The van der Waals surface area contributed by atoms with E-state index in [0.717, 1.165) is 11.1 Å². The normalized spacial score (nSPS) is 11.7. The van der Waals surface area contributed by atoms with Crippen LogP contribution >= 0.6 is 0 Å². The van der Waals surface area contributed by atoms with Gasteiger partial charge in [0.25, 0.3) is 5.91 Å². The molecule has 34 heavy (non-hydrogen) atoms. The van der Waals surface area contributed by atoms with Crippen LogP contribution in [0.5, 0.6) is 0 Å². The summed E-state index contributed by atoms with van der Waals surface area (Å²) in [4.78, 5) is 40.9. The largest absolute Gasteiger partial charge is 0.464 e. The van der Waals surface area contributed by atoms with Crippen molar-refractivity contribution in [3.63, 3.8) is 0 Å². The van der Waals surface area contributed by atoms with Gasteiger partial charge in [0.1, 0.15) is 5.69 Å². The van der Waals surface area contributed by atoms with Crippen LogP contribution < -0.4 is 0 Å². The number of methoxy groups -OCH3 is 1. The van der Waals surface area contributed by atoms with Gasteiger partial charge in [0, 0.05) is 30.4 Å². The Kier molecular flexibility index (Phi) is 7.72. The van der Waals surface area contributed by atoms with E-state index in [1.54, 1.807) is 49.4 Å². The van der Waals surface area contributed by atoms with Gasteiger partial charge in [-0.2, -0.15) is 0 Å². The lowest BCUT2D eigenvalue weighted by Gasteiger charge is -2.28. The Bertz CT molecular complexity index is 1190. The van der Waals surface area contributed by atoms with Crippen molar-refractivity contribution >= 4 is 17.7 Å². The molecule has 0 N–H and O–H groups in total. The molecule has 1 aromatic heterocycles. The molecule has 3 rings (SSSR count). The zero-order chi connectivity index (χ0) is 25.0. The number of nitrogens with zero attached hydrogens (tertiary/aromatic N) is 2. The summed E-state index contributed by atoms with van der Waals surface area (Å²) in [6.45, 7) is 7.71. The van der Waals surface area contributed by atoms with E-state index in [-0.39, 0.29) is 11.7 Å². The third-order valence-electron chi connectivity index (χ3n) is 6.37. The summed E-state index contributed by atoms with van der Waals surface area (Å²) in [7, 11) is 3.05. The van der Waals surface area contributed by atoms with Crippen molar-refractivity contribution in [2.75, 3.05) is 13.7 Å². The van der Waals surface area contributed by atoms with E-state index < -0.39 is 12.0 Å². The highest BCUT2D eigenvalue weighted by Gasteiger charge is 2.32. The van der Waals surface area contributed by atoms with Crippen LogP contribution in [0.1, 0.15) is 62.7 Å². The second kappa shape index (κ2) is 10.5. The number of amides is 1. The quantitative estimate of drug-likeness (QED) is 0.341. The molecule has 0 aliphatic carbocycles. The van der Waals surface area contributed by atoms with Gasteiger partial charge in [-0.1, -0.05) is 49.4 Å². The molecule has 6 nitrogen and oxygen atoms in total. The van der Waals surface area contributed by atoms with E-state index >= 15 is 0 Å². The standard InChI is InChI=1S/C28H32N2O4/c1-7-17-30(27(32)23-15-13-22(14-16-23)21-11-9-8-10-12-21)20(4)26(31)24-18(2)25(28(33)34-6)29(5)19(24)3/h8-16,20H,7,17H2,1-6H3. The van der Waals surface area contributed by atoms with Gasteiger partial charge in [-0.25, -0.2) is 4.79 Å². The first-order valence-electron chi connectivity index (χ1n) is 11.5. The number of hydrogen-bond acceptors (Lipinski definition) is 4. The van der Waals surface area contributed by atoms with Gasteiger partial charge in [-0.05, 0) is 56.0 Å². The number of ether oxygens (including phenoxy) is 1. The molecular weight excluding hydrogens is 428 g/mol. The molecule has 1 heterocycles. The molecular formula is C28H32N2O4. The maximum Gasteiger partial charge on any atom is 0.354 e. The Hall–Kier alpha value is -3.67. The fourth-order valence-corrected chi connectivity index (χ4v) is 4.39. The zero-order valence-corrected chi connectivity index (χ0v) is 20.7. The molecule has 0 spiro atoms. The lowest BCUT2D eigenvalue weighted by Crippen LogP contribution is -2.44. The molecule has 0 fully saturated rings. The average Bonchev–Trinajstić information content (AvgIpc) is 3.09. The van der Waals surface area contributed by atoms with Crippen molar-refractivity contribution < 1.29 is 19.1 Å². The molecule has 0 bridgehead atoms. The second-order valence-electron chi connectivity index (χ2n) is 8.47. The molecule has 3 aromatic rings. The lowest BCUT2D eigenvalue weighted by atomic mass is 9.98. The SMILES string of the molecule is CCCN(C(=O)c1ccc(-c2ccccc2)cc1)C(C)C(=O)c1c(C)c(C(=O)OC)n(C)c1C. The fraction of sp³-hybridized carbons (Fsp3) is 0.321. The van der Waals surface area contributed by atoms with E-state index in [1.165, 1.54) is 7.11 Å². The predicted octanol–water partition coefficient (Wildman–Crippen LogP) is 5.22. The minimum absolute atomic E-state index is 0.191. The lowest BCUT2D eigenvalue weighted by molar-refractivity contribution is 0.0588. The van der Waals surface area contributed by atoms with E-state index in [2.05, 4.69) is 0 Å². The van der Waals surface area contributed by atoms with Crippen molar-refractivity contribution in [3.05, 3.63) is 82.7 Å². The molecule has 0 saturated heterocycles. The molecule has 2 aromatic carbocycles. The van der Waals surface area contributed by atoms with Gasteiger partial charge in [-0.3, -0.25) is 9.59 Å². The summed E-state index contributed by atoms with van der Waals surface area (Å²) < 4.78 is 6.57. The first-order valence-corrected chi connectivity index (χ1v) is 11.5. The predicted molar refractivity (Wildman–Crippen MR) is 133 cm³/mol. The number of hydrogen-bond donors (Lipinski definition) is 0. The highest BCUT2D eigenvalue weighted by molar-refractivity contribution is 6.07. The molecule has 0 aliphatic rings. The Morgan fingerprint density at radius 2 is 1.56 bits per heavy atom. The van der Waals surface area contributed by atoms with E-state index in [1.807, 2.05) is 49.4 Å². The Morgan fingerprint density at radius 1 is 0.971 bits per heavy atom. The van der Waals surface area contributed by atoms with Crippen LogP contribution in [0, 0.1) is 13.8 Å². The highest BCUT2D eigenvalue weighted by Crippen LogP contribution is 2.26. The molecule has 6 heteroatoms. The number of Topliss-reactive ketones (excluding diaryl/α,β-unsaturated/α-hetero) is 1. The molecule has 1 atom stereocenters. The van der Waals surface area contributed by atoms with Gasteiger partial charge in [0.2, 0.25) is 0 Å². The van der Waals surface area contributed by atoms with Gasteiger partial charge in [-0.15, -0.1) is 0 Å². The number of carbonyl (C=O) groups is 3. The van der Waals surface area contributed by atoms with Crippen LogP contribution in [-0.2, 0) is 11.8 Å². The van der Waals surface area contributed by atoms with Gasteiger partial charge >= 0.3 is 5.97 Å². The summed E-state index contributed by atoms with van der Waals surface area (Å²) in [6.07, 6.45) is 0.714. The second-order valence-corrected chi connectivity index (χ2v) is 8.47. The van der Waals surface area contributed by atoms with Crippen LogP contribution in [0.3, 0.4) is 0 Å². The zero-order valence-electron chi connectivity index (χ0n) is 20.7. The third kappa shape index (κ3) is 4.67. The van der Waals surface area contributed by atoms with Crippen molar-refractivity contribution in [3.8, 4) is 11.1 Å². The number of carbonyl (C=O) groups excluding carboxylic acids is 3. The molecule has 0 radical (unpaired) electrons. The smallest absolute Gasteiger partial charge is 0.354 e. The maximum atomic E-state index is 13.6. The van der Waals surface area contributed by atoms with Crippen LogP contribution in [0.4, 0.5) is 0 Å². The maximum absolute atomic E-state index is 13.6. The monoisotopic (exact) mass is 460 g/mol. The molecule has 0 saturated carbocycles. The Morgan fingerprint density at radius 3 is 2.12 bits per heavy atom. The van der Waals surface area contributed by atoms with Crippen molar-refractivity contribution in [1.82, 2.24) is 9.47 Å². The minimum atomic E-state index is -0.688. The highest BCUT2D eigenvalue weighted by atomic mass is 16.5. The first kappa shape index (κ1) is 25.0. The van der Waals surface area contributed by atoms with Gasteiger partial charge in [0.15, 0.2) is 5.78 Å². The van der Waals surface area contributed by atoms with Crippen LogP contribution in [-0.4, -0.2) is 46.8 Å². The topological polar surface area (TPSA) is 68.6 Å². The number of esters is 1. The Labute approximate surface area is 201 Å². The van der Waals surface area contributed by atoms with Gasteiger partial charge < -0.3 is 14.2 Å². The van der Waals surface area contributed by atoms with Crippen LogP contribution in [0.2, 0.25) is 0 Å². The van der Waals surface area contributed by atoms with Gasteiger partial charge in [0.05, 0.1) is 13.2 Å². The number of rotatable bonds is 8. The summed E-state index contributed by atoms with van der Waals surface area (Å²) in [5.41, 5.74) is 4.68. The molecule has 1 amide bonds. The molecule has 0 aliphatic heterocycles. The third-order valence-corrected chi connectivity index (χ3v) is 6.37. The Balaban J connectivity index is 1.91. The van der Waals surface area contributed by atoms with Crippen LogP contribution in [0.15, 0.2) is 54.6 Å². The van der Waals surface area contributed by atoms with Crippen molar-refractivity contribution in [1.29, 1.82) is 0 Å². The van der Waals surface area contributed by atoms with Crippen molar-refractivity contribution in [2.24, 2.45) is 7.05 Å². The molecule has 178 valence electrons. The minimum Gasteiger partial charge on any atom is -0.464 e. The summed E-state index contributed by atoms with van der Waals surface area (Å²) in [6, 6.07) is 16.7. The summed E-state index contributed by atoms with van der Waals surface area (Å²) in [5.74, 6) is -0.875. The number of aromatic nitrogens is 1. The summed E-state index contributed by atoms with van der Waals surface area (Å²) in [5, 5.41) is 0. The van der Waals surface area contributed by atoms with E-state index in [4.69, 9.17) is 4.74 Å². The summed E-state index contributed by atoms with van der Waals surface area (Å²) >= 11 is 0.